The van der Waals surface area contributed by atoms with Crippen molar-refractivity contribution in [2.75, 3.05) is 0 Å². The third-order valence-corrected chi connectivity index (χ3v) is 3.41. The van der Waals surface area contributed by atoms with Gasteiger partial charge in [0.15, 0.2) is 0 Å². The minimum Gasteiger partial charge on any atom is -0.299 e. The van der Waals surface area contributed by atoms with Crippen molar-refractivity contribution in [3.63, 3.8) is 0 Å². The fourth-order valence-corrected chi connectivity index (χ4v) is 2.58. The van der Waals surface area contributed by atoms with Gasteiger partial charge < -0.3 is 0 Å². The van der Waals surface area contributed by atoms with Gasteiger partial charge in [0.1, 0.15) is 5.78 Å². The van der Waals surface area contributed by atoms with E-state index in [4.69, 9.17) is 0 Å². The van der Waals surface area contributed by atoms with E-state index in [1.165, 1.54) is 32.1 Å². The highest BCUT2D eigenvalue weighted by molar-refractivity contribution is 5.81. The lowest BCUT2D eigenvalue weighted by Gasteiger charge is -2.26. The molecule has 0 amide bonds. The van der Waals surface area contributed by atoms with Crippen LogP contribution in [-0.2, 0) is 4.79 Å². The molecule has 0 saturated heterocycles. The number of ketones is 1. The molecule has 0 atom stereocenters. The molecule has 2 aliphatic rings. The van der Waals surface area contributed by atoms with Crippen LogP contribution >= 0.6 is 0 Å². The van der Waals surface area contributed by atoms with Crippen LogP contribution in [0.1, 0.15) is 51.4 Å². The van der Waals surface area contributed by atoms with E-state index in [-0.39, 0.29) is 0 Å². The lowest BCUT2D eigenvalue weighted by atomic mass is 9.79. The molecule has 1 saturated carbocycles. The van der Waals surface area contributed by atoms with E-state index in [9.17, 15) is 4.79 Å². The van der Waals surface area contributed by atoms with Crippen LogP contribution in [0.15, 0.2) is 11.6 Å². The van der Waals surface area contributed by atoms with E-state index < -0.39 is 0 Å². The van der Waals surface area contributed by atoms with Gasteiger partial charge in [-0.2, -0.15) is 0 Å². The molecule has 2 rings (SSSR count). The summed E-state index contributed by atoms with van der Waals surface area (Å²) in [6.07, 6.45) is 11.8. The molecule has 13 heavy (non-hydrogen) atoms. The molecule has 0 bridgehead atoms. The van der Waals surface area contributed by atoms with Gasteiger partial charge in [0, 0.05) is 12.8 Å². The Morgan fingerprint density at radius 2 is 1.85 bits per heavy atom. The summed E-state index contributed by atoms with van der Waals surface area (Å²) in [5, 5.41) is 0. The predicted molar refractivity (Wildman–Crippen MR) is 53.5 cm³/mol. The zero-order valence-electron chi connectivity index (χ0n) is 8.22. The molecular formula is C12H18O. The molecule has 1 fully saturated rings. The van der Waals surface area contributed by atoms with Crippen molar-refractivity contribution in [2.24, 2.45) is 5.92 Å². The van der Waals surface area contributed by atoms with Crippen LogP contribution in [0, 0.1) is 5.92 Å². The molecule has 0 aromatic heterocycles. The molecule has 2 aliphatic carbocycles. The average Bonchev–Trinajstić information content (AvgIpc) is 2.20. The Hall–Kier alpha value is -0.590. The molecule has 1 nitrogen and oxygen atoms in total. The Labute approximate surface area is 80.2 Å². The molecule has 0 aromatic carbocycles. The van der Waals surface area contributed by atoms with Crippen molar-refractivity contribution in [1.29, 1.82) is 0 Å². The number of Topliss-reactive ketones (excluding diaryl/α,β-unsaturated/α-hetero) is 1. The average molecular weight is 178 g/mol. The molecule has 0 unspecified atom stereocenters. The molecule has 1 heteroatoms. The SMILES string of the molecule is O=C1CC=C(C2CCCCC2)CC1. The number of hydrogen-bond acceptors (Lipinski definition) is 1. The first-order valence-corrected chi connectivity index (χ1v) is 5.57. The van der Waals surface area contributed by atoms with Gasteiger partial charge in [-0.3, -0.25) is 4.79 Å². The van der Waals surface area contributed by atoms with E-state index >= 15 is 0 Å². The predicted octanol–water partition coefficient (Wildman–Crippen LogP) is 3.25. The smallest absolute Gasteiger partial charge is 0.136 e. The van der Waals surface area contributed by atoms with E-state index in [1.54, 1.807) is 5.57 Å². The summed E-state index contributed by atoms with van der Waals surface area (Å²) >= 11 is 0. The minimum atomic E-state index is 0.430. The summed E-state index contributed by atoms with van der Waals surface area (Å²) in [5.41, 5.74) is 1.60. The first-order valence-electron chi connectivity index (χ1n) is 5.57. The van der Waals surface area contributed by atoms with Gasteiger partial charge in [-0.15, -0.1) is 0 Å². The standard InChI is InChI=1S/C12H18O/c13-12-8-6-11(7-9-12)10-4-2-1-3-5-10/h6,10H,1-5,7-9H2. The summed E-state index contributed by atoms with van der Waals surface area (Å²) in [4.78, 5) is 11.0. The molecule has 0 aromatic rings. The largest absolute Gasteiger partial charge is 0.299 e. The molecule has 0 spiro atoms. The topological polar surface area (TPSA) is 17.1 Å². The maximum atomic E-state index is 11.0. The number of rotatable bonds is 1. The van der Waals surface area contributed by atoms with Crippen LogP contribution in [0.3, 0.4) is 0 Å². The Morgan fingerprint density at radius 1 is 1.08 bits per heavy atom. The van der Waals surface area contributed by atoms with Gasteiger partial charge in [-0.1, -0.05) is 30.9 Å². The number of hydrogen-bond donors (Lipinski definition) is 0. The summed E-state index contributed by atoms with van der Waals surface area (Å²) in [6.45, 7) is 0. The maximum absolute atomic E-state index is 11.0. The van der Waals surface area contributed by atoms with Crippen LogP contribution in [0.4, 0.5) is 0 Å². The number of carbonyl (C=O) groups excluding carboxylic acids is 1. The van der Waals surface area contributed by atoms with E-state index in [0.717, 1.165) is 18.8 Å². The second-order valence-electron chi connectivity index (χ2n) is 4.36. The molecular weight excluding hydrogens is 160 g/mol. The third kappa shape index (κ3) is 2.20. The molecule has 0 N–H and O–H groups in total. The van der Waals surface area contributed by atoms with Crippen molar-refractivity contribution >= 4 is 5.78 Å². The quantitative estimate of drug-likeness (QED) is 0.563. The fourth-order valence-electron chi connectivity index (χ4n) is 2.58. The van der Waals surface area contributed by atoms with Gasteiger partial charge in [0.2, 0.25) is 0 Å². The zero-order chi connectivity index (χ0) is 9.10. The lowest BCUT2D eigenvalue weighted by Crippen LogP contribution is -2.13. The highest BCUT2D eigenvalue weighted by atomic mass is 16.1. The highest BCUT2D eigenvalue weighted by Gasteiger charge is 2.20. The van der Waals surface area contributed by atoms with Crippen LogP contribution in [-0.4, -0.2) is 5.78 Å². The van der Waals surface area contributed by atoms with Gasteiger partial charge in [0.25, 0.3) is 0 Å². The molecule has 0 heterocycles. The normalized spacial score (nSPS) is 25.8. The summed E-state index contributed by atoms with van der Waals surface area (Å²) in [5.74, 6) is 1.27. The first kappa shape index (κ1) is 8.98. The minimum absolute atomic E-state index is 0.430. The fraction of sp³-hybridized carbons (Fsp3) is 0.750. The van der Waals surface area contributed by atoms with Crippen molar-refractivity contribution < 1.29 is 4.79 Å². The van der Waals surface area contributed by atoms with Crippen molar-refractivity contribution in [1.82, 2.24) is 0 Å². The monoisotopic (exact) mass is 178 g/mol. The summed E-state index contributed by atoms with van der Waals surface area (Å²) in [6, 6.07) is 0. The first-order chi connectivity index (χ1) is 6.36. The number of allylic oxidation sites excluding steroid dienone is 2. The van der Waals surface area contributed by atoms with Gasteiger partial charge in [-0.25, -0.2) is 0 Å². The maximum Gasteiger partial charge on any atom is 0.136 e. The Morgan fingerprint density at radius 3 is 2.46 bits per heavy atom. The van der Waals surface area contributed by atoms with Gasteiger partial charge in [0.05, 0.1) is 0 Å². The second-order valence-corrected chi connectivity index (χ2v) is 4.36. The molecule has 0 radical (unpaired) electrons. The summed E-state index contributed by atoms with van der Waals surface area (Å²) < 4.78 is 0. The van der Waals surface area contributed by atoms with Gasteiger partial charge in [-0.05, 0) is 25.2 Å². The summed E-state index contributed by atoms with van der Waals surface area (Å²) in [7, 11) is 0. The van der Waals surface area contributed by atoms with E-state index in [1.807, 2.05) is 0 Å². The zero-order valence-corrected chi connectivity index (χ0v) is 8.22. The van der Waals surface area contributed by atoms with E-state index in [0.29, 0.717) is 12.2 Å². The Kier molecular flexibility index (Phi) is 2.82. The van der Waals surface area contributed by atoms with Gasteiger partial charge >= 0.3 is 0 Å². The Bertz CT molecular complexity index is 221. The van der Waals surface area contributed by atoms with Crippen LogP contribution in [0.2, 0.25) is 0 Å². The molecule has 72 valence electrons. The third-order valence-electron chi connectivity index (χ3n) is 3.41. The van der Waals surface area contributed by atoms with Crippen LogP contribution in [0.25, 0.3) is 0 Å². The van der Waals surface area contributed by atoms with Crippen molar-refractivity contribution in [3.05, 3.63) is 11.6 Å². The highest BCUT2D eigenvalue weighted by Crippen LogP contribution is 2.33. The Balaban J connectivity index is 1.95. The van der Waals surface area contributed by atoms with Crippen molar-refractivity contribution in [2.45, 2.75) is 51.4 Å². The van der Waals surface area contributed by atoms with Crippen molar-refractivity contribution in [3.8, 4) is 0 Å². The second kappa shape index (κ2) is 4.08. The number of carbonyl (C=O) groups is 1. The van der Waals surface area contributed by atoms with Crippen LogP contribution < -0.4 is 0 Å². The van der Waals surface area contributed by atoms with Crippen LogP contribution in [0.5, 0.6) is 0 Å². The lowest BCUT2D eigenvalue weighted by molar-refractivity contribution is -0.118. The van der Waals surface area contributed by atoms with E-state index in [2.05, 4.69) is 6.08 Å². The molecule has 0 aliphatic heterocycles.